The minimum atomic E-state index is 0.0600. The summed E-state index contributed by atoms with van der Waals surface area (Å²) in [4.78, 5) is 12.6. The van der Waals surface area contributed by atoms with Crippen LogP contribution in [-0.4, -0.2) is 12.6 Å². The molecule has 0 radical (unpaired) electrons. The van der Waals surface area contributed by atoms with Gasteiger partial charge in [0.15, 0.2) is 0 Å². The molecule has 4 aliphatic carbocycles. The molecule has 0 saturated heterocycles. The molecule has 1 unspecified atom stereocenters. The van der Waals surface area contributed by atoms with Crippen LogP contribution in [0.3, 0.4) is 0 Å². The molecule has 0 aromatic carbocycles. The van der Waals surface area contributed by atoms with Gasteiger partial charge in [0.05, 0.1) is 6.61 Å². The van der Waals surface area contributed by atoms with Crippen molar-refractivity contribution in [3.63, 3.8) is 0 Å². The van der Waals surface area contributed by atoms with Crippen LogP contribution in [0.1, 0.15) is 207 Å². The maximum Gasteiger partial charge on any atom is 0.305 e. The number of rotatable bonds is 21. The summed E-state index contributed by atoms with van der Waals surface area (Å²) in [5.41, 5.74) is 1.15. The first-order chi connectivity index (χ1) is 21.4. The van der Waals surface area contributed by atoms with Crippen LogP contribution in [-0.2, 0) is 9.53 Å². The molecule has 0 N–H and O–H groups in total. The van der Waals surface area contributed by atoms with E-state index in [0.29, 0.717) is 29.8 Å². The van der Waals surface area contributed by atoms with E-state index in [2.05, 4.69) is 27.7 Å². The monoisotopic (exact) mass is 613 g/mol. The van der Waals surface area contributed by atoms with Gasteiger partial charge in [-0.15, -0.1) is 0 Å². The third kappa shape index (κ3) is 9.75. The zero-order valence-electron chi connectivity index (χ0n) is 30.3. The molecule has 4 fully saturated rings. The zero-order chi connectivity index (χ0) is 31.3. The third-order valence-electron chi connectivity index (χ3n) is 14.4. The molecule has 44 heavy (non-hydrogen) atoms. The Labute approximate surface area is 275 Å². The average molecular weight is 613 g/mol. The third-order valence-corrected chi connectivity index (χ3v) is 14.4. The van der Waals surface area contributed by atoms with Crippen LogP contribution in [0.2, 0.25) is 0 Å². The number of hydrogen-bond acceptors (Lipinski definition) is 2. The molecule has 2 heteroatoms. The first-order valence-electron chi connectivity index (χ1n) is 20.6. The lowest BCUT2D eigenvalue weighted by atomic mass is 9.44. The average Bonchev–Trinajstić information content (AvgIpc) is 3.38. The van der Waals surface area contributed by atoms with E-state index in [1.807, 2.05) is 0 Å². The topological polar surface area (TPSA) is 26.3 Å². The molecule has 8 atom stereocenters. The van der Waals surface area contributed by atoms with E-state index in [9.17, 15) is 4.79 Å². The van der Waals surface area contributed by atoms with Crippen LogP contribution in [0.25, 0.3) is 0 Å². The normalized spacial score (nSPS) is 33.8. The lowest BCUT2D eigenvalue weighted by Gasteiger charge is -2.61. The molecule has 256 valence electrons. The van der Waals surface area contributed by atoms with E-state index in [0.717, 1.165) is 42.4 Å². The SMILES string of the molecule is CCCCCCCCCCCCCCCCCCOC(=O)CC[C@@H](C)[C@H]1CC[C@H]2[C@@H]3CCC4CCCC[C@]4(C)[C@H]3CC[C@]12C. The Morgan fingerprint density at radius 2 is 1.25 bits per heavy atom. The summed E-state index contributed by atoms with van der Waals surface area (Å²) in [5, 5.41) is 0. The number of fused-ring (bicyclic) bond motifs is 5. The molecule has 0 spiro atoms. The molecule has 0 aromatic rings. The first-order valence-corrected chi connectivity index (χ1v) is 20.6. The van der Waals surface area contributed by atoms with Crippen LogP contribution < -0.4 is 0 Å². The highest BCUT2D eigenvalue weighted by molar-refractivity contribution is 5.69. The van der Waals surface area contributed by atoms with Gasteiger partial charge in [-0.2, -0.15) is 0 Å². The number of hydrogen-bond donors (Lipinski definition) is 0. The minimum Gasteiger partial charge on any atom is -0.466 e. The van der Waals surface area contributed by atoms with E-state index in [-0.39, 0.29) is 5.97 Å². The van der Waals surface area contributed by atoms with Gasteiger partial charge in [0.2, 0.25) is 0 Å². The molecule has 0 aliphatic heterocycles. The summed E-state index contributed by atoms with van der Waals surface area (Å²) in [6.07, 6.45) is 38.5. The molecule has 0 amide bonds. The Hall–Kier alpha value is -0.530. The summed E-state index contributed by atoms with van der Waals surface area (Å²) in [6, 6.07) is 0. The van der Waals surface area contributed by atoms with Gasteiger partial charge in [-0.05, 0) is 111 Å². The van der Waals surface area contributed by atoms with Gasteiger partial charge in [-0.25, -0.2) is 0 Å². The Kier molecular flexibility index (Phi) is 15.4. The molecule has 2 nitrogen and oxygen atoms in total. The number of carbonyl (C=O) groups excluding carboxylic acids is 1. The fourth-order valence-electron chi connectivity index (χ4n) is 11.7. The Morgan fingerprint density at radius 3 is 1.89 bits per heavy atom. The van der Waals surface area contributed by atoms with Gasteiger partial charge < -0.3 is 4.74 Å². The van der Waals surface area contributed by atoms with Crippen molar-refractivity contribution in [1.29, 1.82) is 0 Å². The van der Waals surface area contributed by atoms with E-state index in [1.165, 1.54) is 161 Å². The molecular formula is C42H76O2. The molecule has 4 aliphatic rings. The molecule has 4 rings (SSSR count). The van der Waals surface area contributed by atoms with Crippen molar-refractivity contribution in [3.8, 4) is 0 Å². The highest BCUT2D eigenvalue weighted by Crippen LogP contribution is 2.68. The van der Waals surface area contributed by atoms with Crippen molar-refractivity contribution in [1.82, 2.24) is 0 Å². The summed E-state index contributed by atoms with van der Waals surface area (Å²) in [5.74, 6) is 5.44. The van der Waals surface area contributed by atoms with Gasteiger partial charge in [0.25, 0.3) is 0 Å². The van der Waals surface area contributed by atoms with Gasteiger partial charge in [-0.3, -0.25) is 4.79 Å². The summed E-state index contributed by atoms with van der Waals surface area (Å²) >= 11 is 0. The minimum absolute atomic E-state index is 0.0600. The fraction of sp³-hybridized carbons (Fsp3) is 0.976. The van der Waals surface area contributed by atoms with Crippen molar-refractivity contribution in [2.45, 2.75) is 207 Å². The summed E-state index contributed by atoms with van der Waals surface area (Å²) < 4.78 is 5.70. The lowest BCUT2D eigenvalue weighted by molar-refractivity contribution is -0.144. The Morgan fingerprint density at radius 1 is 0.659 bits per heavy atom. The molecule has 0 heterocycles. The largest absolute Gasteiger partial charge is 0.466 e. The second kappa shape index (κ2) is 18.7. The van der Waals surface area contributed by atoms with Crippen molar-refractivity contribution < 1.29 is 9.53 Å². The smallest absolute Gasteiger partial charge is 0.305 e. The lowest BCUT2D eigenvalue weighted by Crippen LogP contribution is -2.53. The van der Waals surface area contributed by atoms with Crippen molar-refractivity contribution in [2.24, 2.45) is 46.3 Å². The van der Waals surface area contributed by atoms with Crippen LogP contribution in [0.4, 0.5) is 0 Å². The molecule has 4 saturated carbocycles. The van der Waals surface area contributed by atoms with E-state index >= 15 is 0 Å². The van der Waals surface area contributed by atoms with Crippen LogP contribution in [0, 0.1) is 46.3 Å². The predicted octanol–water partition coefficient (Wildman–Crippen LogP) is 13.3. The maximum absolute atomic E-state index is 12.6. The maximum atomic E-state index is 12.6. The van der Waals surface area contributed by atoms with Crippen molar-refractivity contribution in [3.05, 3.63) is 0 Å². The van der Waals surface area contributed by atoms with Gasteiger partial charge >= 0.3 is 5.97 Å². The number of ether oxygens (including phenoxy) is 1. The second-order valence-electron chi connectivity index (χ2n) is 17.2. The molecule has 0 bridgehead atoms. The van der Waals surface area contributed by atoms with E-state index in [1.54, 1.807) is 0 Å². The molecular weight excluding hydrogens is 536 g/mol. The van der Waals surface area contributed by atoms with Gasteiger partial charge in [0, 0.05) is 6.42 Å². The first kappa shape index (κ1) is 36.3. The van der Waals surface area contributed by atoms with Crippen molar-refractivity contribution >= 4 is 5.97 Å². The fourth-order valence-corrected chi connectivity index (χ4v) is 11.7. The number of unbranched alkanes of at least 4 members (excludes halogenated alkanes) is 15. The quantitative estimate of drug-likeness (QED) is 0.0952. The van der Waals surface area contributed by atoms with Gasteiger partial charge in [-0.1, -0.05) is 137 Å². The Balaban J connectivity index is 1.01. The second-order valence-corrected chi connectivity index (χ2v) is 17.2. The molecule has 0 aromatic heterocycles. The van der Waals surface area contributed by atoms with Crippen LogP contribution in [0.15, 0.2) is 0 Å². The highest BCUT2D eigenvalue weighted by atomic mass is 16.5. The zero-order valence-corrected chi connectivity index (χ0v) is 30.3. The number of carbonyl (C=O) groups is 1. The summed E-state index contributed by atoms with van der Waals surface area (Å²) in [7, 11) is 0. The summed E-state index contributed by atoms with van der Waals surface area (Å²) in [6.45, 7) is 10.8. The van der Waals surface area contributed by atoms with E-state index in [4.69, 9.17) is 4.74 Å². The Bertz CT molecular complexity index is 806. The van der Waals surface area contributed by atoms with Gasteiger partial charge in [0.1, 0.15) is 0 Å². The number of esters is 1. The standard InChI is InChI=1S/C42H76O2/c1-5-6-7-8-9-10-11-12-13-14-15-16-17-18-19-22-33-44-40(43)29-24-34(2)37-27-28-38-36-26-25-35-23-20-21-31-41(35,3)39(36)30-32-42(37,38)4/h34-39H,5-33H2,1-4H3/t34-,35?,36+,37-,38+,39+,41+,42-/m1/s1. The van der Waals surface area contributed by atoms with Crippen molar-refractivity contribution in [2.75, 3.05) is 6.61 Å². The van der Waals surface area contributed by atoms with Crippen LogP contribution in [0.5, 0.6) is 0 Å². The highest BCUT2D eigenvalue weighted by Gasteiger charge is 2.60. The van der Waals surface area contributed by atoms with E-state index < -0.39 is 0 Å². The van der Waals surface area contributed by atoms with Crippen LogP contribution >= 0.6 is 0 Å². The predicted molar refractivity (Wildman–Crippen MR) is 189 cm³/mol.